The Bertz CT molecular complexity index is 567. The second-order valence-corrected chi connectivity index (χ2v) is 5.35. The summed E-state index contributed by atoms with van der Waals surface area (Å²) in [6, 6.07) is 5.52. The Kier molecular flexibility index (Phi) is 2.93. The van der Waals surface area contributed by atoms with Crippen molar-refractivity contribution in [2.45, 2.75) is 13.0 Å². The van der Waals surface area contributed by atoms with Gasteiger partial charge in [0.05, 0.1) is 9.88 Å². The first kappa shape index (κ1) is 11.5. The number of hydrogen-bond donors (Lipinski definition) is 1. The highest BCUT2D eigenvalue weighted by Gasteiger charge is 2.17. The summed E-state index contributed by atoms with van der Waals surface area (Å²) in [5.74, 6) is 1.43. The molecule has 0 radical (unpaired) electrons. The predicted molar refractivity (Wildman–Crippen MR) is 68.3 cm³/mol. The molecule has 3 rings (SSSR count). The monoisotopic (exact) mass is 263 g/mol. The summed E-state index contributed by atoms with van der Waals surface area (Å²) in [7, 11) is 0. The predicted octanol–water partition coefficient (Wildman–Crippen LogP) is 2.30. The summed E-state index contributed by atoms with van der Waals surface area (Å²) in [5.41, 5.74) is 0.794. The minimum atomic E-state index is -0.660. The molecule has 94 valence electrons. The number of thiazole rings is 1. The van der Waals surface area contributed by atoms with Crippen LogP contribution < -0.4 is 9.47 Å². The summed E-state index contributed by atoms with van der Waals surface area (Å²) < 4.78 is 11.0. The maximum absolute atomic E-state index is 10.3. The number of nitrogens with zero attached hydrogens (tertiary/aromatic N) is 1. The molecule has 18 heavy (non-hydrogen) atoms. The fraction of sp³-hybridized carbons (Fsp3) is 0.308. The van der Waals surface area contributed by atoms with Crippen LogP contribution in [0.25, 0.3) is 0 Å². The molecule has 1 aliphatic heterocycles. The lowest BCUT2D eigenvalue weighted by Crippen LogP contribution is -2.15. The third kappa shape index (κ3) is 2.07. The van der Waals surface area contributed by atoms with E-state index in [4.69, 9.17) is 9.47 Å². The number of benzene rings is 1. The van der Waals surface area contributed by atoms with E-state index in [1.807, 2.05) is 25.1 Å². The van der Waals surface area contributed by atoms with Crippen molar-refractivity contribution in [1.82, 2.24) is 4.98 Å². The van der Waals surface area contributed by atoms with Crippen LogP contribution in [0.2, 0.25) is 0 Å². The van der Waals surface area contributed by atoms with Crippen molar-refractivity contribution in [2.24, 2.45) is 0 Å². The van der Waals surface area contributed by atoms with Gasteiger partial charge in [-0.3, -0.25) is 0 Å². The van der Waals surface area contributed by atoms with Crippen LogP contribution in [0, 0.1) is 6.92 Å². The van der Waals surface area contributed by atoms with Crippen molar-refractivity contribution in [3.8, 4) is 11.5 Å². The largest absolute Gasteiger partial charge is 0.486 e. The van der Waals surface area contributed by atoms with Crippen LogP contribution in [0.1, 0.15) is 21.6 Å². The number of aliphatic hydroxyl groups is 1. The molecule has 0 saturated heterocycles. The van der Waals surface area contributed by atoms with Gasteiger partial charge in [0.1, 0.15) is 19.3 Å². The van der Waals surface area contributed by atoms with Crippen molar-refractivity contribution in [3.05, 3.63) is 39.8 Å². The van der Waals surface area contributed by atoms with E-state index in [1.165, 1.54) is 11.3 Å². The normalized spacial score (nSPS) is 15.4. The smallest absolute Gasteiger partial charge is 0.161 e. The molecule has 5 heteroatoms. The van der Waals surface area contributed by atoms with E-state index in [0.717, 1.165) is 21.2 Å². The summed E-state index contributed by atoms with van der Waals surface area (Å²) >= 11 is 1.49. The minimum Gasteiger partial charge on any atom is -0.486 e. The van der Waals surface area contributed by atoms with Gasteiger partial charge in [-0.15, -0.1) is 11.3 Å². The molecule has 0 aliphatic carbocycles. The molecule has 0 amide bonds. The maximum atomic E-state index is 10.3. The van der Waals surface area contributed by atoms with Crippen LogP contribution in [0.15, 0.2) is 24.4 Å². The van der Waals surface area contributed by atoms with Gasteiger partial charge in [0.15, 0.2) is 11.5 Å². The standard InChI is InChI=1S/C13H13NO3S/c1-8-14-7-12(18-8)13(15)9-2-3-10-11(6-9)17-5-4-16-10/h2-3,6-7,13,15H,4-5H2,1H3. The number of ether oxygens (including phenoxy) is 2. The molecule has 4 nitrogen and oxygen atoms in total. The van der Waals surface area contributed by atoms with Gasteiger partial charge in [0.25, 0.3) is 0 Å². The Hall–Kier alpha value is -1.59. The van der Waals surface area contributed by atoms with Crippen molar-refractivity contribution in [3.63, 3.8) is 0 Å². The quantitative estimate of drug-likeness (QED) is 0.903. The van der Waals surface area contributed by atoms with Crippen LogP contribution in [-0.4, -0.2) is 23.3 Å². The van der Waals surface area contributed by atoms with Gasteiger partial charge in [-0.05, 0) is 24.6 Å². The van der Waals surface area contributed by atoms with Crippen molar-refractivity contribution < 1.29 is 14.6 Å². The lowest BCUT2D eigenvalue weighted by molar-refractivity contribution is 0.170. The van der Waals surface area contributed by atoms with Crippen LogP contribution in [0.4, 0.5) is 0 Å². The highest BCUT2D eigenvalue weighted by molar-refractivity contribution is 7.11. The Balaban J connectivity index is 1.92. The van der Waals surface area contributed by atoms with Gasteiger partial charge in [-0.1, -0.05) is 6.07 Å². The molecule has 1 N–H and O–H groups in total. The summed E-state index contributed by atoms with van der Waals surface area (Å²) in [4.78, 5) is 4.99. The van der Waals surface area contributed by atoms with Gasteiger partial charge < -0.3 is 14.6 Å². The number of aromatic nitrogens is 1. The van der Waals surface area contributed by atoms with E-state index in [-0.39, 0.29) is 0 Å². The first-order chi connectivity index (χ1) is 8.74. The first-order valence-corrected chi connectivity index (χ1v) is 6.55. The van der Waals surface area contributed by atoms with E-state index >= 15 is 0 Å². The van der Waals surface area contributed by atoms with Crippen molar-refractivity contribution >= 4 is 11.3 Å². The molecule has 2 heterocycles. The number of hydrogen-bond acceptors (Lipinski definition) is 5. The molecule has 1 aliphatic rings. The average molecular weight is 263 g/mol. The second kappa shape index (κ2) is 4.59. The van der Waals surface area contributed by atoms with Gasteiger partial charge in [-0.25, -0.2) is 4.98 Å². The molecular weight excluding hydrogens is 250 g/mol. The minimum absolute atomic E-state index is 0.548. The molecule has 0 bridgehead atoms. The van der Waals surface area contributed by atoms with E-state index in [1.54, 1.807) is 6.20 Å². The third-order valence-electron chi connectivity index (χ3n) is 2.79. The zero-order valence-electron chi connectivity index (χ0n) is 9.92. The van der Waals surface area contributed by atoms with Crippen molar-refractivity contribution in [1.29, 1.82) is 0 Å². The zero-order chi connectivity index (χ0) is 12.5. The Morgan fingerprint density at radius 2 is 2.06 bits per heavy atom. The number of rotatable bonds is 2. The second-order valence-electron chi connectivity index (χ2n) is 4.09. The lowest BCUT2D eigenvalue weighted by atomic mass is 10.1. The molecule has 0 fully saturated rings. The van der Waals surface area contributed by atoms with Crippen LogP contribution in [0.5, 0.6) is 11.5 Å². The molecule has 1 aromatic carbocycles. The fourth-order valence-electron chi connectivity index (χ4n) is 1.90. The molecule has 1 aromatic heterocycles. The van der Waals surface area contributed by atoms with Crippen LogP contribution >= 0.6 is 11.3 Å². The average Bonchev–Trinajstić information content (AvgIpc) is 2.84. The third-order valence-corrected chi connectivity index (χ3v) is 3.76. The number of fused-ring (bicyclic) bond motifs is 1. The van der Waals surface area contributed by atoms with Gasteiger partial charge in [-0.2, -0.15) is 0 Å². The summed E-state index contributed by atoms with van der Waals surface area (Å²) in [6.45, 7) is 3.04. The van der Waals surface area contributed by atoms with Crippen LogP contribution in [-0.2, 0) is 0 Å². The molecule has 1 unspecified atom stereocenters. The molecule has 0 spiro atoms. The molecular formula is C13H13NO3S. The van der Waals surface area contributed by atoms with Crippen LogP contribution in [0.3, 0.4) is 0 Å². The number of aliphatic hydroxyl groups excluding tert-OH is 1. The van der Waals surface area contributed by atoms with Gasteiger partial charge in [0, 0.05) is 6.20 Å². The summed E-state index contributed by atoms with van der Waals surface area (Å²) in [5, 5.41) is 11.2. The summed E-state index contributed by atoms with van der Waals surface area (Å²) in [6.07, 6.45) is 1.05. The van der Waals surface area contributed by atoms with Gasteiger partial charge >= 0.3 is 0 Å². The molecule has 0 saturated carbocycles. The highest BCUT2D eigenvalue weighted by Crippen LogP contribution is 2.35. The SMILES string of the molecule is Cc1ncc(C(O)c2ccc3c(c2)OCCO3)s1. The molecule has 1 atom stereocenters. The zero-order valence-corrected chi connectivity index (χ0v) is 10.7. The van der Waals surface area contributed by atoms with E-state index in [9.17, 15) is 5.11 Å². The topological polar surface area (TPSA) is 51.6 Å². The van der Waals surface area contributed by atoms with E-state index in [2.05, 4.69) is 4.98 Å². The van der Waals surface area contributed by atoms with E-state index in [0.29, 0.717) is 19.0 Å². The Labute approximate surface area is 109 Å². The highest BCUT2D eigenvalue weighted by atomic mass is 32.1. The Morgan fingerprint density at radius 1 is 1.28 bits per heavy atom. The Morgan fingerprint density at radius 3 is 2.78 bits per heavy atom. The maximum Gasteiger partial charge on any atom is 0.161 e. The fourth-order valence-corrected chi connectivity index (χ4v) is 2.70. The first-order valence-electron chi connectivity index (χ1n) is 5.74. The molecule has 2 aromatic rings. The number of aryl methyl sites for hydroxylation is 1. The van der Waals surface area contributed by atoms with E-state index < -0.39 is 6.10 Å². The lowest BCUT2D eigenvalue weighted by Gasteiger charge is -2.19. The van der Waals surface area contributed by atoms with Crippen molar-refractivity contribution in [2.75, 3.05) is 13.2 Å². The van der Waals surface area contributed by atoms with Gasteiger partial charge in [0.2, 0.25) is 0 Å².